The fourth-order valence-electron chi connectivity index (χ4n) is 1.86. The number of anilines is 1. The van der Waals surface area contributed by atoms with Crippen LogP contribution in [0.4, 0.5) is 5.69 Å². The van der Waals surface area contributed by atoms with E-state index in [9.17, 15) is 8.42 Å². The lowest BCUT2D eigenvalue weighted by Crippen LogP contribution is -2.30. The van der Waals surface area contributed by atoms with Gasteiger partial charge in [0, 0.05) is 11.9 Å². The van der Waals surface area contributed by atoms with Crippen LogP contribution in [0.15, 0.2) is 40.6 Å². The fraction of sp³-hybridized carbons (Fsp3) is 0.231. The van der Waals surface area contributed by atoms with E-state index in [1.165, 1.54) is 34.8 Å². The summed E-state index contributed by atoms with van der Waals surface area (Å²) in [5.41, 5.74) is 5.93. The van der Waals surface area contributed by atoms with Gasteiger partial charge in [0.2, 0.25) is 10.0 Å². The first-order valence-corrected chi connectivity index (χ1v) is 8.61. The quantitative estimate of drug-likeness (QED) is 0.874. The van der Waals surface area contributed by atoms with E-state index in [0.717, 1.165) is 4.88 Å². The van der Waals surface area contributed by atoms with Crippen LogP contribution < -0.4 is 5.73 Å². The van der Waals surface area contributed by atoms with Gasteiger partial charge in [-0.3, -0.25) is 0 Å². The van der Waals surface area contributed by atoms with Gasteiger partial charge in [-0.2, -0.15) is 4.31 Å². The highest BCUT2D eigenvalue weighted by Crippen LogP contribution is 2.34. The number of nitrogens with two attached hydrogens (primary N) is 1. The van der Waals surface area contributed by atoms with E-state index in [1.807, 2.05) is 24.4 Å². The molecule has 1 heterocycles. The predicted octanol–water partition coefficient (Wildman–Crippen LogP) is 3.37. The van der Waals surface area contributed by atoms with Crippen molar-refractivity contribution in [2.24, 2.45) is 0 Å². The molecule has 108 valence electrons. The maximum Gasteiger partial charge on any atom is 0.246 e. The minimum Gasteiger partial charge on any atom is -0.398 e. The molecule has 2 N–H and O–H groups in total. The Kier molecular flexibility index (Phi) is 4.39. The molecule has 1 atom stereocenters. The summed E-state index contributed by atoms with van der Waals surface area (Å²) >= 11 is 7.51. The summed E-state index contributed by atoms with van der Waals surface area (Å²) in [5, 5.41) is 2.05. The third-order valence-electron chi connectivity index (χ3n) is 3.13. The van der Waals surface area contributed by atoms with Crippen LogP contribution in [0.3, 0.4) is 0 Å². The van der Waals surface area contributed by atoms with Gasteiger partial charge in [0.1, 0.15) is 4.90 Å². The van der Waals surface area contributed by atoms with Crippen molar-refractivity contribution < 1.29 is 8.42 Å². The molecule has 0 radical (unpaired) electrons. The van der Waals surface area contributed by atoms with Gasteiger partial charge < -0.3 is 5.73 Å². The molecule has 2 rings (SSSR count). The molecular formula is C13H15ClN2O2S2. The van der Waals surface area contributed by atoms with Crippen LogP contribution in [0.5, 0.6) is 0 Å². The molecule has 0 saturated carbocycles. The molecule has 0 amide bonds. The molecule has 0 fully saturated rings. The summed E-state index contributed by atoms with van der Waals surface area (Å²) in [7, 11) is -2.21. The highest BCUT2D eigenvalue weighted by molar-refractivity contribution is 7.89. The minimum absolute atomic E-state index is 0.0347. The summed E-state index contributed by atoms with van der Waals surface area (Å²) in [6, 6.07) is 8.18. The van der Waals surface area contributed by atoms with Crippen molar-refractivity contribution in [1.82, 2.24) is 4.31 Å². The van der Waals surface area contributed by atoms with E-state index < -0.39 is 10.0 Å². The van der Waals surface area contributed by atoms with Crippen LogP contribution in [0.2, 0.25) is 5.02 Å². The molecule has 2 aromatic rings. The van der Waals surface area contributed by atoms with Crippen LogP contribution in [0, 0.1) is 0 Å². The Bertz CT molecular complexity index is 679. The van der Waals surface area contributed by atoms with Gasteiger partial charge in [0.05, 0.1) is 16.8 Å². The molecule has 4 nitrogen and oxygen atoms in total. The largest absolute Gasteiger partial charge is 0.398 e. The number of nitrogen functional groups attached to an aromatic ring is 1. The van der Waals surface area contributed by atoms with Crippen LogP contribution >= 0.6 is 22.9 Å². The molecule has 0 bridgehead atoms. The summed E-state index contributed by atoms with van der Waals surface area (Å²) in [5.74, 6) is 0. The van der Waals surface area contributed by atoms with Crippen LogP contribution in [0.25, 0.3) is 0 Å². The van der Waals surface area contributed by atoms with E-state index >= 15 is 0 Å². The van der Waals surface area contributed by atoms with Gasteiger partial charge in [-0.05, 0) is 30.5 Å². The first-order valence-electron chi connectivity index (χ1n) is 5.91. The third kappa shape index (κ3) is 2.69. The summed E-state index contributed by atoms with van der Waals surface area (Å²) in [6.07, 6.45) is 0. The molecule has 0 aliphatic carbocycles. The van der Waals surface area contributed by atoms with Crippen molar-refractivity contribution in [3.05, 3.63) is 45.6 Å². The van der Waals surface area contributed by atoms with E-state index in [1.54, 1.807) is 6.07 Å². The lowest BCUT2D eigenvalue weighted by atomic mass is 10.3. The van der Waals surface area contributed by atoms with Gasteiger partial charge in [-0.25, -0.2) is 8.42 Å². The van der Waals surface area contributed by atoms with Crippen LogP contribution in [-0.4, -0.2) is 19.8 Å². The molecule has 7 heteroatoms. The van der Waals surface area contributed by atoms with Gasteiger partial charge in [-0.1, -0.05) is 23.7 Å². The topological polar surface area (TPSA) is 63.4 Å². The second-order valence-electron chi connectivity index (χ2n) is 4.37. The molecular weight excluding hydrogens is 316 g/mol. The number of thiophene rings is 1. The molecule has 1 aromatic heterocycles. The minimum atomic E-state index is -3.74. The number of benzene rings is 1. The Hall–Kier alpha value is -1.08. The summed E-state index contributed by atoms with van der Waals surface area (Å²) < 4.78 is 26.6. The highest BCUT2D eigenvalue weighted by Gasteiger charge is 2.30. The van der Waals surface area contributed by atoms with Crippen molar-refractivity contribution in [2.45, 2.75) is 17.9 Å². The first kappa shape index (κ1) is 15.3. The van der Waals surface area contributed by atoms with E-state index in [0.29, 0.717) is 0 Å². The van der Waals surface area contributed by atoms with Crippen molar-refractivity contribution >= 4 is 38.6 Å². The zero-order chi connectivity index (χ0) is 14.9. The van der Waals surface area contributed by atoms with Gasteiger partial charge in [-0.15, -0.1) is 11.3 Å². The van der Waals surface area contributed by atoms with Gasteiger partial charge in [0.25, 0.3) is 0 Å². The zero-order valence-corrected chi connectivity index (χ0v) is 13.5. The van der Waals surface area contributed by atoms with Crippen molar-refractivity contribution in [3.63, 3.8) is 0 Å². The Morgan fingerprint density at radius 3 is 2.55 bits per heavy atom. The Labute approximate surface area is 127 Å². The van der Waals surface area contributed by atoms with Crippen LogP contribution in [0.1, 0.15) is 17.8 Å². The fourth-order valence-corrected chi connectivity index (χ4v) is 4.72. The lowest BCUT2D eigenvalue weighted by molar-refractivity contribution is 0.403. The van der Waals surface area contributed by atoms with E-state index in [4.69, 9.17) is 17.3 Å². The Balaban J connectivity index is 2.45. The SMILES string of the molecule is CC(c1cccs1)N(C)S(=O)(=O)c1c(N)cccc1Cl. The number of rotatable bonds is 4. The number of sulfonamides is 1. The van der Waals surface area contributed by atoms with Gasteiger partial charge in [0.15, 0.2) is 0 Å². The first-order chi connectivity index (χ1) is 9.35. The maximum absolute atomic E-state index is 12.7. The smallest absolute Gasteiger partial charge is 0.246 e. The lowest BCUT2D eigenvalue weighted by Gasteiger charge is -2.24. The average molecular weight is 331 g/mol. The van der Waals surface area contributed by atoms with E-state index in [-0.39, 0.29) is 21.6 Å². The molecule has 1 unspecified atom stereocenters. The monoisotopic (exact) mass is 330 g/mol. The predicted molar refractivity (Wildman–Crippen MR) is 83.5 cm³/mol. The number of halogens is 1. The molecule has 0 aliphatic heterocycles. The third-order valence-corrected chi connectivity index (χ3v) is 6.65. The maximum atomic E-state index is 12.7. The van der Waals surface area contributed by atoms with Crippen molar-refractivity contribution in [3.8, 4) is 0 Å². The molecule has 0 aliphatic rings. The Morgan fingerprint density at radius 2 is 2.00 bits per heavy atom. The van der Waals surface area contributed by atoms with Crippen molar-refractivity contribution in [2.75, 3.05) is 12.8 Å². The number of nitrogens with zero attached hydrogens (tertiary/aromatic N) is 1. The van der Waals surface area contributed by atoms with Crippen molar-refractivity contribution in [1.29, 1.82) is 0 Å². The molecule has 1 aromatic carbocycles. The number of hydrogen-bond acceptors (Lipinski definition) is 4. The number of hydrogen-bond donors (Lipinski definition) is 1. The average Bonchev–Trinajstić information content (AvgIpc) is 2.90. The molecule has 0 saturated heterocycles. The second kappa shape index (κ2) is 5.73. The normalized spacial score (nSPS) is 13.6. The second-order valence-corrected chi connectivity index (χ2v) is 7.69. The zero-order valence-electron chi connectivity index (χ0n) is 11.1. The molecule has 20 heavy (non-hydrogen) atoms. The summed E-state index contributed by atoms with van der Waals surface area (Å²) in [6.45, 7) is 1.83. The van der Waals surface area contributed by atoms with E-state index in [2.05, 4.69) is 0 Å². The molecule has 0 spiro atoms. The summed E-state index contributed by atoms with van der Waals surface area (Å²) in [4.78, 5) is 0.925. The highest BCUT2D eigenvalue weighted by atomic mass is 35.5. The van der Waals surface area contributed by atoms with Gasteiger partial charge >= 0.3 is 0 Å². The van der Waals surface area contributed by atoms with Crippen LogP contribution in [-0.2, 0) is 10.0 Å². The standard InChI is InChI=1S/C13H15ClN2O2S2/c1-9(12-7-4-8-19-12)16(2)20(17,18)13-10(14)5-3-6-11(13)15/h3-9H,15H2,1-2H3. The Morgan fingerprint density at radius 1 is 1.30 bits per heavy atom.